The van der Waals surface area contributed by atoms with Crippen LogP contribution in [0, 0.1) is 0 Å². The number of pyridine rings is 1. The predicted molar refractivity (Wildman–Crippen MR) is 111 cm³/mol. The van der Waals surface area contributed by atoms with Crippen LogP contribution in [-0.4, -0.2) is 51.9 Å². The van der Waals surface area contributed by atoms with Crippen LogP contribution in [0.2, 0.25) is 5.02 Å². The molecule has 1 aromatic carbocycles. The highest BCUT2D eigenvalue weighted by Crippen LogP contribution is 2.22. The number of halogens is 1. The average Bonchev–Trinajstić information content (AvgIpc) is 3.21. The lowest BCUT2D eigenvalue weighted by molar-refractivity contribution is 0.0302. The van der Waals surface area contributed by atoms with Crippen molar-refractivity contribution >= 4 is 23.3 Å². The van der Waals surface area contributed by atoms with Crippen molar-refractivity contribution in [3.05, 3.63) is 76.7 Å². The van der Waals surface area contributed by atoms with Crippen LogP contribution in [0.5, 0.6) is 0 Å². The zero-order valence-corrected chi connectivity index (χ0v) is 16.7. The van der Waals surface area contributed by atoms with Crippen LogP contribution in [0.15, 0.2) is 55.0 Å². The molecular weight excluding hydrogens is 390 g/mol. The number of carbonyl (C=O) groups is 1. The molecule has 29 heavy (non-hydrogen) atoms. The fourth-order valence-electron chi connectivity index (χ4n) is 3.17. The molecule has 8 heteroatoms. The molecule has 1 aliphatic rings. The van der Waals surface area contributed by atoms with Crippen molar-refractivity contribution < 1.29 is 9.53 Å². The summed E-state index contributed by atoms with van der Waals surface area (Å²) in [4.78, 5) is 18.6. The van der Waals surface area contributed by atoms with Gasteiger partial charge in [-0.3, -0.25) is 9.48 Å². The van der Waals surface area contributed by atoms with Gasteiger partial charge < -0.3 is 15.0 Å². The molecule has 0 bridgehead atoms. The van der Waals surface area contributed by atoms with Gasteiger partial charge >= 0.3 is 0 Å². The second kappa shape index (κ2) is 9.07. The lowest BCUT2D eigenvalue weighted by Gasteiger charge is -2.26. The Bertz CT molecular complexity index is 970. The third-order valence-electron chi connectivity index (χ3n) is 4.72. The van der Waals surface area contributed by atoms with Crippen LogP contribution in [0.1, 0.15) is 21.5 Å². The number of hydrogen-bond donors (Lipinski definition) is 1. The smallest absolute Gasteiger partial charge is 0.255 e. The number of hydrogen-bond acceptors (Lipinski definition) is 5. The topological polar surface area (TPSA) is 72.3 Å². The number of amides is 1. The molecular formula is C21H22ClN5O2. The van der Waals surface area contributed by atoms with Crippen LogP contribution in [0.3, 0.4) is 0 Å². The number of nitrogens with one attached hydrogen (secondary N) is 1. The van der Waals surface area contributed by atoms with Gasteiger partial charge in [0.05, 0.1) is 36.5 Å². The summed E-state index contributed by atoms with van der Waals surface area (Å²) in [5.41, 5.74) is 2.70. The van der Waals surface area contributed by atoms with Crippen LogP contribution < -0.4 is 5.32 Å². The molecule has 1 aliphatic heterocycles. The van der Waals surface area contributed by atoms with E-state index in [2.05, 4.69) is 27.5 Å². The van der Waals surface area contributed by atoms with Gasteiger partial charge in [-0.1, -0.05) is 41.9 Å². The van der Waals surface area contributed by atoms with Crippen LogP contribution in [-0.2, 0) is 17.8 Å². The zero-order chi connectivity index (χ0) is 20.1. The van der Waals surface area contributed by atoms with Crippen molar-refractivity contribution in [3.63, 3.8) is 0 Å². The van der Waals surface area contributed by atoms with E-state index in [9.17, 15) is 4.79 Å². The molecule has 0 radical (unpaired) electrons. The fraction of sp³-hybridized carbons (Fsp3) is 0.286. The number of benzene rings is 1. The maximum absolute atomic E-state index is 12.5. The third kappa shape index (κ3) is 4.93. The van der Waals surface area contributed by atoms with Gasteiger partial charge in [0.1, 0.15) is 5.82 Å². The Labute approximate surface area is 174 Å². The Morgan fingerprint density at radius 2 is 1.93 bits per heavy atom. The van der Waals surface area contributed by atoms with Crippen molar-refractivity contribution in [2.24, 2.45) is 0 Å². The lowest BCUT2D eigenvalue weighted by Crippen LogP contribution is -2.40. The summed E-state index contributed by atoms with van der Waals surface area (Å²) >= 11 is 6.35. The molecule has 1 fully saturated rings. The Kier molecular flexibility index (Phi) is 6.07. The monoisotopic (exact) mass is 411 g/mol. The summed E-state index contributed by atoms with van der Waals surface area (Å²) < 4.78 is 7.18. The first kappa shape index (κ1) is 19.4. The molecule has 2 aromatic heterocycles. The van der Waals surface area contributed by atoms with Gasteiger partial charge in [-0.15, -0.1) is 0 Å². The summed E-state index contributed by atoms with van der Waals surface area (Å²) in [5.74, 6) is 0.470. The van der Waals surface area contributed by atoms with Crippen molar-refractivity contribution in [3.8, 4) is 0 Å². The fourth-order valence-corrected chi connectivity index (χ4v) is 3.41. The van der Waals surface area contributed by atoms with Crippen LogP contribution in [0.25, 0.3) is 0 Å². The predicted octanol–water partition coefficient (Wildman–Crippen LogP) is 3.06. The minimum absolute atomic E-state index is 0.0727. The number of aromatic nitrogens is 3. The first-order chi connectivity index (χ1) is 14.2. The minimum Gasteiger partial charge on any atom is -0.378 e. The SMILES string of the molecule is O=C(c1cnc(NCc2cnn(Cc3ccccc3)c2)c(Cl)c1)N1CCOCC1. The molecule has 1 amide bonds. The van der Waals surface area contributed by atoms with Crippen LogP contribution in [0.4, 0.5) is 5.82 Å². The van der Waals surface area contributed by atoms with E-state index in [0.29, 0.717) is 49.3 Å². The van der Waals surface area contributed by atoms with Crippen molar-refractivity contribution in [2.75, 3.05) is 31.6 Å². The highest BCUT2D eigenvalue weighted by molar-refractivity contribution is 6.33. The molecule has 0 saturated carbocycles. The first-order valence-electron chi connectivity index (χ1n) is 9.51. The normalized spacial score (nSPS) is 14.0. The average molecular weight is 412 g/mol. The molecule has 3 heterocycles. The largest absolute Gasteiger partial charge is 0.378 e. The van der Waals surface area contributed by atoms with E-state index < -0.39 is 0 Å². The maximum Gasteiger partial charge on any atom is 0.255 e. The van der Waals surface area contributed by atoms with Gasteiger partial charge in [-0.05, 0) is 11.6 Å². The quantitative estimate of drug-likeness (QED) is 0.675. The number of rotatable bonds is 6. The Hall–Kier alpha value is -2.90. The summed E-state index contributed by atoms with van der Waals surface area (Å²) in [6, 6.07) is 11.8. The second-order valence-electron chi connectivity index (χ2n) is 6.84. The van der Waals surface area contributed by atoms with Gasteiger partial charge in [-0.25, -0.2) is 4.98 Å². The van der Waals surface area contributed by atoms with Gasteiger partial charge in [0, 0.05) is 37.6 Å². The molecule has 1 saturated heterocycles. The van der Waals surface area contributed by atoms with E-state index in [1.165, 1.54) is 5.56 Å². The van der Waals surface area contributed by atoms with E-state index in [1.807, 2.05) is 35.3 Å². The van der Waals surface area contributed by atoms with Crippen molar-refractivity contribution in [1.29, 1.82) is 0 Å². The Balaban J connectivity index is 1.36. The number of carbonyl (C=O) groups excluding carboxylic acids is 1. The molecule has 1 N–H and O–H groups in total. The molecule has 3 aromatic rings. The second-order valence-corrected chi connectivity index (χ2v) is 7.25. The van der Waals surface area contributed by atoms with Gasteiger partial charge in [0.25, 0.3) is 5.91 Å². The highest BCUT2D eigenvalue weighted by Gasteiger charge is 2.19. The number of morpholine rings is 1. The van der Waals surface area contributed by atoms with Gasteiger partial charge in [-0.2, -0.15) is 5.10 Å². The number of nitrogens with zero attached hydrogens (tertiary/aromatic N) is 4. The van der Waals surface area contributed by atoms with E-state index >= 15 is 0 Å². The summed E-state index contributed by atoms with van der Waals surface area (Å²) in [5, 5.41) is 8.03. The Morgan fingerprint density at radius 3 is 2.69 bits per heavy atom. The van der Waals surface area contributed by atoms with E-state index in [4.69, 9.17) is 16.3 Å². The molecule has 0 atom stereocenters. The van der Waals surface area contributed by atoms with Crippen molar-refractivity contribution in [1.82, 2.24) is 19.7 Å². The molecule has 150 valence electrons. The third-order valence-corrected chi connectivity index (χ3v) is 5.01. The van der Waals surface area contributed by atoms with Gasteiger partial charge in [0.15, 0.2) is 0 Å². The highest BCUT2D eigenvalue weighted by atomic mass is 35.5. The molecule has 4 rings (SSSR count). The standard InChI is InChI=1S/C21H22ClN5O2/c22-19-10-18(21(28)26-6-8-29-9-7-26)13-24-20(19)23-11-17-12-25-27(15-17)14-16-4-2-1-3-5-16/h1-5,10,12-13,15H,6-9,11,14H2,(H,23,24). The van der Waals surface area contributed by atoms with E-state index in [0.717, 1.165) is 12.1 Å². The number of ether oxygens (including phenoxy) is 1. The Morgan fingerprint density at radius 1 is 1.14 bits per heavy atom. The molecule has 0 aliphatic carbocycles. The molecule has 0 unspecified atom stereocenters. The van der Waals surface area contributed by atoms with E-state index in [1.54, 1.807) is 17.2 Å². The van der Waals surface area contributed by atoms with E-state index in [-0.39, 0.29) is 5.91 Å². The molecule has 0 spiro atoms. The maximum atomic E-state index is 12.5. The zero-order valence-electron chi connectivity index (χ0n) is 15.9. The lowest BCUT2D eigenvalue weighted by atomic mass is 10.2. The molecule has 7 nitrogen and oxygen atoms in total. The summed E-state index contributed by atoms with van der Waals surface area (Å²) in [7, 11) is 0. The van der Waals surface area contributed by atoms with Crippen LogP contribution >= 0.6 is 11.6 Å². The minimum atomic E-state index is -0.0727. The first-order valence-corrected chi connectivity index (χ1v) is 9.88. The summed E-state index contributed by atoms with van der Waals surface area (Å²) in [6.45, 7) is 3.55. The summed E-state index contributed by atoms with van der Waals surface area (Å²) in [6.07, 6.45) is 5.37. The number of anilines is 1. The van der Waals surface area contributed by atoms with Gasteiger partial charge in [0.2, 0.25) is 0 Å². The van der Waals surface area contributed by atoms with Crippen molar-refractivity contribution in [2.45, 2.75) is 13.1 Å².